The Bertz CT molecular complexity index is 1100. The second kappa shape index (κ2) is 9.38. The van der Waals surface area contributed by atoms with Crippen molar-refractivity contribution >= 4 is 34.1 Å². The summed E-state index contributed by atoms with van der Waals surface area (Å²) in [5.41, 5.74) is 3.57. The zero-order valence-corrected chi connectivity index (χ0v) is 17.2. The van der Waals surface area contributed by atoms with E-state index < -0.39 is 0 Å². The molecule has 1 aliphatic rings. The number of hydrogen-bond donors (Lipinski definition) is 1. The summed E-state index contributed by atoms with van der Waals surface area (Å²) in [5.74, 6) is 0.400. The Morgan fingerprint density at radius 3 is 2.67 bits per heavy atom. The molecule has 1 aromatic heterocycles. The molecule has 0 bridgehead atoms. The predicted molar refractivity (Wildman–Crippen MR) is 120 cm³/mol. The minimum atomic E-state index is -0.211. The molecule has 30 heavy (non-hydrogen) atoms. The summed E-state index contributed by atoms with van der Waals surface area (Å²) < 4.78 is 5.55. The number of thiophene rings is 1. The maximum absolute atomic E-state index is 12.0. The number of aryl methyl sites for hydroxylation is 1. The summed E-state index contributed by atoms with van der Waals surface area (Å²) in [5, 5.41) is 13.1. The van der Waals surface area contributed by atoms with Crippen LogP contribution in [0.4, 0.5) is 10.7 Å². The molecule has 6 heteroatoms. The monoisotopic (exact) mass is 415 g/mol. The van der Waals surface area contributed by atoms with Crippen molar-refractivity contribution in [1.29, 1.82) is 5.26 Å². The van der Waals surface area contributed by atoms with E-state index in [1.807, 2.05) is 54.6 Å². The van der Waals surface area contributed by atoms with E-state index in [-0.39, 0.29) is 12.5 Å². The van der Waals surface area contributed by atoms with E-state index in [1.54, 1.807) is 17.6 Å². The summed E-state index contributed by atoms with van der Waals surface area (Å²) in [4.78, 5) is 17.9. The fourth-order valence-corrected chi connectivity index (χ4v) is 4.59. The van der Waals surface area contributed by atoms with Crippen LogP contribution in [0.3, 0.4) is 0 Å². The van der Waals surface area contributed by atoms with Crippen molar-refractivity contribution in [3.63, 3.8) is 0 Å². The van der Waals surface area contributed by atoms with Crippen molar-refractivity contribution in [3.8, 4) is 11.8 Å². The fraction of sp³-hybridized carbons (Fsp3) is 0.208. The molecule has 0 radical (unpaired) electrons. The Balaban J connectivity index is 1.35. The van der Waals surface area contributed by atoms with Gasteiger partial charge in [-0.1, -0.05) is 18.2 Å². The Morgan fingerprint density at radius 1 is 1.13 bits per heavy atom. The molecule has 1 N–H and O–H groups in total. The van der Waals surface area contributed by atoms with Crippen LogP contribution in [0.5, 0.6) is 5.75 Å². The number of anilines is 1. The number of nitrogens with one attached hydrogen (secondary N) is 1. The number of carbonyl (C=O) groups excluding carboxylic acids is 1. The minimum absolute atomic E-state index is 0.0609. The first-order valence-electron chi connectivity index (χ1n) is 9.89. The molecule has 0 atom stereocenters. The standard InChI is InChI=1S/C24H21N3O2S/c25-14-21-20-8-4-5-9-22(20)30-24(21)26-15-17-10-12-19(13-11-17)29-16-23(28)27-18-6-2-1-3-7-18/h1-3,6-7,10-13,15H,4-5,8-9,16H2,(H,27,28). The Kier molecular flexibility index (Phi) is 6.21. The lowest BCUT2D eigenvalue weighted by atomic mass is 9.96. The van der Waals surface area contributed by atoms with Gasteiger partial charge in [0.15, 0.2) is 6.61 Å². The topological polar surface area (TPSA) is 74.5 Å². The number of aliphatic imine (C=N–C) groups is 1. The summed E-state index contributed by atoms with van der Waals surface area (Å²) in [6.07, 6.45) is 6.13. The zero-order chi connectivity index (χ0) is 20.8. The van der Waals surface area contributed by atoms with Crippen molar-refractivity contribution < 1.29 is 9.53 Å². The number of amides is 1. The highest BCUT2D eigenvalue weighted by Crippen LogP contribution is 2.39. The first kappa shape index (κ1) is 19.9. The van der Waals surface area contributed by atoms with Crippen LogP contribution in [0.2, 0.25) is 0 Å². The lowest BCUT2D eigenvalue weighted by Crippen LogP contribution is -2.20. The van der Waals surface area contributed by atoms with Gasteiger partial charge in [-0.3, -0.25) is 4.79 Å². The first-order valence-corrected chi connectivity index (χ1v) is 10.7. The van der Waals surface area contributed by atoms with Gasteiger partial charge in [0.05, 0.1) is 5.56 Å². The molecular formula is C24H21N3O2S. The third kappa shape index (κ3) is 4.76. The molecule has 3 aromatic rings. The van der Waals surface area contributed by atoms with Gasteiger partial charge in [-0.25, -0.2) is 4.99 Å². The molecule has 1 aliphatic carbocycles. The highest BCUT2D eigenvalue weighted by molar-refractivity contribution is 7.16. The molecule has 1 amide bonds. The highest BCUT2D eigenvalue weighted by Gasteiger charge is 2.20. The zero-order valence-electron chi connectivity index (χ0n) is 16.4. The number of para-hydroxylation sites is 1. The van der Waals surface area contributed by atoms with Gasteiger partial charge in [0, 0.05) is 16.8 Å². The smallest absolute Gasteiger partial charge is 0.262 e. The first-order chi connectivity index (χ1) is 14.7. The normalized spacial score (nSPS) is 12.9. The van der Waals surface area contributed by atoms with E-state index in [0.717, 1.165) is 41.1 Å². The number of hydrogen-bond acceptors (Lipinski definition) is 5. The summed E-state index contributed by atoms with van der Waals surface area (Å²) in [6, 6.07) is 19.0. The van der Waals surface area contributed by atoms with E-state index in [2.05, 4.69) is 16.4 Å². The maximum Gasteiger partial charge on any atom is 0.262 e. The van der Waals surface area contributed by atoms with Crippen LogP contribution < -0.4 is 10.1 Å². The molecule has 0 saturated heterocycles. The van der Waals surface area contributed by atoms with Crippen LogP contribution in [-0.2, 0) is 17.6 Å². The molecule has 0 aliphatic heterocycles. The van der Waals surface area contributed by atoms with Gasteiger partial charge < -0.3 is 10.1 Å². The lowest BCUT2D eigenvalue weighted by molar-refractivity contribution is -0.118. The Labute approximate surface area is 179 Å². The number of carbonyl (C=O) groups is 1. The van der Waals surface area contributed by atoms with Crippen molar-refractivity contribution in [2.45, 2.75) is 25.7 Å². The summed E-state index contributed by atoms with van der Waals surface area (Å²) in [7, 11) is 0. The quantitative estimate of drug-likeness (QED) is 0.558. The molecule has 2 aromatic carbocycles. The van der Waals surface area contributed by atoms with Crippen molar-refractivity contribution in [1.82, 2.24) is 0 Å². The summed E-state index contributed by atoms with van der Waals surface area (Å²) in [6.45, 7) is -0.0609. The predicted octanol–water partition coefficient (Wildman–Crippen LogP) is 5.27. The van der Waals surface area contributed by atoms with E-state index >= 15 is 0 Å². The molecule has 4 rings (SSSR count). The minimum Gasteiger partial charge on any atom is -0.484 e. The number of nitriles is 1. The molecule has 150 valence electrons. The second-order valence-corrected chi connectivity index (χ2v) is 8.12. The van der Waals surface area contributed by atoms with Crippen molar-refractivity contribution in [2.75, 3.05) is 11.9 Å². The van der Waals surface area contributed by atoms with Crippen LogP contribution in [0.1, 0.15) is 34.4 Å². The molecule has 0 fully saturated rings. The molecule has 0 spiro atoms. The van der Waals surface area contributed by atoms with Crippen LogP contribution in [-0.4, -0.2) is 18.7 Å². The Hall–Kier alpha value is -3.43. The maximum atomic E-state index is 12.0. The van der Waals surface area contributed by atoms with E-state index in [1.165, 1.54) is 16.9 Å². The van der Waals surface area contributed by atoms with E-state index in [4.69, 9.17) is 4.74 Å². The van der Waals surface area contributed by atoms with Crippen molar-refractivity contribution in [3.05, 3.63) is 76.2 Å². The van der Waals surface area contributed by atoms with Crippen LogP contribution in [0.15, 0.2) is 59.6 Å². The molecule has 1 heterocycles. The third-order valence-corrected chi connectivity index (χ3v) is 6.10. The van der Waals surface area contributed by atoms with E-state index in [9.17, 15) is 10.1 Å². The molecular weight excluding hydrogens is 394 g/mol. The van der Waals surface area contributed by atoms with Gasteiger partial charge in [-0.15, -0.1) is 11.3 Å². The third-order valence-electron chi connectivity index (χ3n) is 4.90. The van der Waals surface area contributed by atoms with Gasteiger partial charge in [0.1, 0.15) is 16.8 Å². The SMILES string of the molecule is N#Cc1c(N=Cc2ccc(OCC(=O)Nc3ccccc3)cc2)sc2c1CCCC2. The largest absolute Gasteiger partial charge is 0.484 e. The molecule has 0 unspecified atom stereocenters. The van der Waals surface area contributed by atoms with E-state index in [0.29, 0.717) is 5.75 Å². The van der Waals surface area contributed by atoms with Crippen molar-refractivity contribution in [2.24, 2.45) is 4.99 Å². The van der Waals surface area contributed by atoms with Gasteiger partial charge >= 0.3 is 0 Å². The van der Waals surface area contributed by atoms with Crippen LogP contribution >= 0.6 is 11.3 Å². The number of rotatable bonds is 6. The number of ether oxygens (including phenoxy) is 1. The average molecular weight is 416 g/mol. The Morgan fingerprint density at radius 2 is 1.90 bits per heavy atom. The highest BCUT2D eigenvalue weighted by atomic mass is 32.1. The van der Waals surface area contributed by atoms with Gasteiger partial charge in [0.25, 0.3) is 5.91 Å². The van der Waals surface area contributed by atoms with Crippen LogP contribution in [0, 0.1) is 11.3 Å². The summed E-state index contributed by atoms with van der Waals surface area (Å²) >= 11 is 1.63. The molecule has 0 saturated carbocycles. The number of nitrogens with zero attached hydrogens (tertiary/aromatic N) is 2. The van der Waals surface area contributed by atoms with Crippen LogP contribution in [0.25, 0.3) is 0 Å². The number of benzene rings is 2. The van der Waals surface area contributed by atoms with Gasteiger partial charge in [-0.2, -0.15) is 5.26 Å². The lowest BCUT2D eigenvalue weighted by Gasteiger charge is -2.09. The second-order valence-electron chi connectivity index (χ2n) is 7.03. The average Bonchev–Trinajstić information content (AvgIpc) is 3.15. The van der Waals surface area contributed by atoms with Gasteiger partial charge in [-0.05, 0) is 73.2 Å². The number of fused-ring (bicyclic) bond motifs is 1. The van der Waals surface area contributed by atoms with Gasteiger partial charge in [0.2, 0.25) is 0 Å². The fourth-order valence-electron chi connectivity index (χ4n) is 3.41. The molecule has 5 nitrogen and oxygen atoms in total.